The summed E-state index contributed by atoms with van der Waals surface area (Å²) in [5, 5.41) is 8.71. The first kappa shape index (κ1) is 14.7. The van der Waals surface area contributed by atoms with Crippen LogP contribution in [0.5, 0.6) is 0 Å². The third-order valence-corrected chi connectivity index (χ3v) is 3.25. The topological polar surface area (TPSA) is 33.0 Å². The van der Waals surface area contributed by atoms with Crippen molar-refractivity contribution in [2.24, 2.45) is 5.92 Å². The summed E-state index contributed by atoms with van der Waals surface area (Å²) in [6, 6.07) is 9.73. The van der Waals surface area contributed by atoms with Gasteiger partial charge in [-0.05, 0) is 30.0 Å². The predicted molar refractivity (Wildman–Crippen MR) is 74.1 cm³/mol. The molecule has 1 aromatic carbocycles. The molecule has 0 radical (unpaired) electrons. The minimum atomic E-state index is 0.647. The van der Waals surface area contributed by atoms with E-state index >= 15 is 0 Å². The van der Waals surface area contributed by atoms with Crippen LogP contribution in [0.3, 0.4) is 0 Å². The highest BCUT2D eigenvalue weighted by Crippen LogP contribution is 2.14. The Labute approximate surface area is 111 Å². The maximum Gasteiger partial charge on any atom is 0.0991 e. The second-order valence-electron chi connectivity index (χ2n) is 4.74. The maximum absolute atomic E-state index is 8.71. The van der Waals surface area contributed by atoms with Gasteiger partial charge in [-0.15, -0.1) is 0 Å². The second-order valence-corrected chi connectivity index (χ2v) is 4.74. The van der Waals surface area contributed by atoms with Gasteiger partial charge in [-0.25, -0.2) is 0 Å². The van der Waals surface area contributed by atoms with Crippen LogP contribution in [0.25, 0.3) is 0 Å². The van der Waals surface area contributed by atoms with E-state index in [1.54, 1.807) is 0 Å². The molecule has 0 aromatic heterocycles. The van der Waals surface area contributed by atoms with Gasteiger partial charge in [0.15, 0.2) is 0 Å². The van der Waals surface area contributed by atoms with Gasteiger partial charge >= 0.3 is 0 Å². The molecule has 2 nitrogen and oxygen atoms in total. The molecular weight excluding hydrogens is 222 g/mol. The first-order chi connectivity index (χ1) is 8.80. The molecule has 98 valence electrons. The average Bonchev–Trinajstić information content (AvgIpc) is 2.43. The van der Waals surface area contributed by atoms with Gasteiger partial charge in [0.05, 0.1) is 18.2 Å². The van der Waals surface area contributed by atoms with Crippen LogP contribution in [0.4, 0.5) is 0 Å². The van der Waals surface area contributed by atoms with Gasteiger partial charge in [-0.3, -0.25) is 0 Å². The van der Waals surface area contributed by atoms with Crippen LogP contribution in [-0.4, -0.2) is 6.61 Å². The van der Waals surface area contributed by atoms with Crippen molar-refractivity contribution in [1.29, 1.82) is 5.26 Å². The lowest BCUT2D eigenvalue weighted by Crippen LogP contribution is -2.08. The highest BCUT2D eigenvalue weighted by molar-refractivity contribution is 5.31. The van der Waals surface area contributed by atoms with Crippen molar-refractivity contribution in [3.05, 3.63) is 35.4 Å². The SMILES string of the molecule is CCCCC(CC)COCc1ccc(C#N)cc1. The normalized spacial score (nSPS) is 12.1. The highest BCUT2D eigenvalue weighted by Gasteiger charge is 2.05. The number of hydrogen-bond acceptors (Lipinski definition) is 2. The summed E-state index contributed by atoms with van der Waals surface area (Å²) in [4.78, 5) is 0. The fourth-order valence-corrected chi connectivity index (χ4v) is 1.92. The van der Waals surface area contributed by atoms with Crippen molar-refractivity contribution in [1.82, 2.24) is 0 Å². The van der Waals surface area contributed by atoms with E-state index in [-0.39, 0.29) is 0 Å². The fourth-order valence-electron chi connectivity index (χ4n) is 1.92. The van der Waals surface area contributed by atoms with E-state index in [1.807, 2.05) is 24.3 Å². The van der Waals surface area contributed by atoms with Gasteiger partial charge < -0.3 is 4.74 Å². The zero-order valence-electron chi connectivity index (χ0n) is 11.5. The molecule has 0 amide bonds. The molecule has 0 bridgehead atoms. The molecular formula is C16H23NO. The first-order valence-electron chi connectivity index (χ1n) is 6.86. The average molecular weight is 245 g/mol. The molecule has 1 unspecified atom stereocenters. The summed E-state index contributed by atoms with van der Waals surface area (Å²) in [7, 11) is 0. The highest BCUT2D eigenvalue weighted by atomic mass is 16.5. The predicted octanol–water partition coefficient (Wildman–Crippen LogP) is 4.29. The van der Waals surface area contributed by atoms with Crippen LogP contribution >= 0.6 is 0 Å². The van der Waals surface area contributed by atoms with Crippen molar-refractivity contribution in [3.63, 3.8) is 0 Å². The van der Waals surface area contributed by atoms with E-state index in [0.717, 1.165) is 12.2 Å². The Kier molecular flexibility index (Phi) is 7.13. The van der Waals surface area contributed by atoms with Gasteiger partial charge in [0.1, 0.15) is 0 Å². The lowest BCUT2D eigenvalue weighted by molar-refractivity contribution is 0.0820. The van der Waals surface area contributed by atoms with Gasteiger partial charge in [0.2, 0.25) is 0 Å². The third kappa shape index (κ3) is 5.33. The lowest BCUT2D eigenvalue weighted by atomic mass is 10.0. The standard InChI is InChI=1S/C16H23NO/c1-3-5-6-14(4-2)12-18-13-16-9-7-15(11-17)8-10-16/h7-10,14H,3-6,12-13H2,1-2H3. The number of benzene rings is 1. The molecule has 0 aliphatic carbocycles. The summed E-state index contributed by atoms with van der Waals surface area (Å²) >= 11 is 0. The summed E-state index contributed by atoms with van der Waals surface area (Å²) in [6.45, 7) is 5.94. The van der Waals surface area contributed by atoms with Crippen molar-refractivity contribution in [3.8, 4) is 6.07 Å². The number of nitrogens with zero attached hydrogens (tertiary/aromatic N) is 1. The van der Waals surface area contributed by atoms with Gasteiger partial charge in [-0.2, -0.15) is 5.26 Å². The zero-order chi connectivity index (χ0) is 13.2. The van der Waals surface area contributed by atoms with Crippen molar-refractivity contribution < 1.29 is 4.74 Å². The lowest BCUT2D eigenvalue weighted by Gasteiger charge is -2.14. The summed E-state index contributed by atoms with van der Waals surface area (Å²) in [5.41, 5.74) is 1.84. The Bertz CT molecular complexity index is 364. The number of ether oxygens (including phenoxy) is 1. The summed E-state index contributed by atoms with van der Waals surface area (Å²) in [6.07, 6.45) is 5.00. The Hall–Kier alpha value is -1.33. The van der Waals surface area contributed by atoms with Crippen molar-refractivity contribution >= 4 is 0 Å². The van der Waals surface area contributed by atoms with Crippen molar-refractivity contribution in [2.45, 2.75) is 46.1 Å². The number of rotatable bonds is 8. The molecule has 0 heterocycles. The zero-order valence-corrected chi connectivity index (χ0v) is 11.5. The maximum atomic E-state index is 8.71. The van der Waals surface area contributed by atoms with Crippen LogP contribution in [0.15, 0.2) is 24.3 Å². The Balaban J connectivity index is 2.29. The number of hydrogen-bond donors (Lipinski definition) is 0. The Morgan fingerprint density at radius 1 is 1.22 bits per heavy atom. The molecule has 18 heavy (non-hydrogen) atoms. The van der Waals surface area contributed by atoms with Crippen LogP contribution in [-0.2, 0) is 11.3 Å². The molecule has 0 aliphatic rings. The van der Waals surface area contributed by atoms with Crippen LogP contribution in [0, 0.1) is 17.2 Å². The van der Waals surface area contributed by atoms with Gasteiger partial charge in [0.25, 0.3) is 0 Å². The van der Waals surface area contributed by atoms with Gasteiger partial charge in [0, 0.05) is 6.61 Å². The van der Waals surface area contributed by atoms with E-state index in [1.165, 1.54) is 25.7 Å². The fraction of sp³-hybridized carbons (Fsp3) is 0.562. The largest absolute Gasteiger partial charge is 0.376 e. The first-order valence-corrected chi connectivity index (χ1v) is 6.86. The molecule has 1 rings (SSSR count). The minimum absolute atomic E-state index is 0.647. The number of nitriles is 1. The molecule has 0 saturated carbocycles. The van der Waals surface area contributed by atoms with Crippen molar-refractivity contribution in [2.75, 3.05) is 6.61 Å². The van der Waals surface area contributed by atoms with Crippen LogP contribution in [0.2, 0.25) is 0 Å². The molecule has 0 aliphatic heterocycles. The van der Waals surface area contributed by atoms with Crippen LogP contribution < -0.4 is 0 Å². The molecule has 2 heteroatoms. The Morgan fingerprint density at radius 2 is 1.94 bits per heavy atom. The molecule has 0 fully saturated rings. The second kappa shape index (κ2) is 8.72. The third-order valence-electron chi connectivity index (χ3n) is 3.25. The summed E-state index contributed by atoms with van der Waals surface area (Å²) < 4.78 is 5.76. The molecule has 1 atom stereocenters. The smallest absolute Gasteiger partial charge is 0.0991 e. The van der Waals surface area contributed by atoms with E-state index in [2.05, 4.69) is 19.9 Å². The van der Waals surface area contributed by atoms with E-state index in [0.29, 0.717) is 18.1 Å². The summed E-state index contributed by atoms with van der Waals surface area (Å²) in [5.74, 6) is 0.684. The molecule has 0 saturated heterocycles. The monoisotopic (exact) mass is 245 g/mol. The van der Waals surface area contributed by atoms with E-state index in [9.17, 15) is 0 Å². The quantitative estimate of drug-likeness (QED) is 0.684. The molecule has 0 N–H and O–H groups in total. The number of unbranched alkanes of at least 4 members (excludes halogenated alkanes) is 1. The molecule has 0 spiro atoms. The van der Waals surface area contributed by atoms with Crippen LogP contribution in [0.1, 0.15) is 50.7 Å². The van der Waals surface area contributed by atoms with Gasteiger partial charge in [-0.1, -0.05) is 45.2 Å². The van der Waals surface area contributed by atoms with E-state index < -0.39 is 0 Å². The Morgan fingerprint density at radius 3 is 2.50 bits per heavy atom. The minimum Gasteiger partial charge on any atom is -0.376 e. The molecule has 1 aromatic rings. The van der Waals surface area contributed by atoms with E-state index in [4.69, 9.17) is 10.00 Å².